The molecule has 4 atom stereocenters. The fourth-order valence-electron chi connectivity index (χ4n) is 17.4. The number of carbonyl (C=O) groups is 7. The van der Waals surface area contributed by atoms with Gasteiger partial charge in [0, 0.05) is 90.2 Å². The quantitative estimate of drug-likeness (QED) is 0.0132. The molecule has 6 aromatic rings. The van der Waals surface area contributed by atoms with E-state index in [-0.39, 0.29) is 72.6 Å². The summed E-state index contributed by atoms with van der Waals surface area (Å²) in [4.78, 5) is 102. The average Bonchev–Trinajstić information content (AvgIpc) is 0.898. The lowest BCUT2D eigenvalue weighted by atomic mass is 9.39. The summed E-state index contributed by atoms with van der Waals surface area (Å²) in [6.45, 7) is 18.7. The summed E-state index contributed by atoms with van der Waals surface area (Å²) in [5, 5.41) is 29.7. The number of amides is 8. The first-order valence-corrected chi connectivity index (χ1v) is 35.0. The molecular formula is C71H91N16O9S+. The lowest BCUT2D eigenvalue weighted by molar-refractivity contribution is -0.930. The second-order valence-electron chi connectivity index (χ2n) is 29.2. The first-order valence-electron chi connectivity index (χ1n) is 34.1. The number of primary amides is 2. The number of nitrogens with two attached hydrogens (primary N) is 2. The summed E-state index contributed by atoms with van der Waals surface area (Å²) >= 11 is 1.57. The number of hydrogen-bond acceptors (Lipinski definition) is 17. The molecule has 5 fully saturated rings. The molecule has 25 nitrogen and oxygen atoms in total. The number of ether oxygens (including phenoxy) is 2. The van der Waals surface area contributed by atoms with Crippen LogP contribution in [0.4, 0.5) is 33.1 Å². The van der Waals surface area contributed by atoms with Gasteiger partial charge in [-0.15, -0.1) is 10.2 Å². The summed E-state index contributed by atoms with van der Waals surface area (Å²) in [5.74, 6) is -1.31. The second-order valence-corrected chi connectivity index (χ2v) is 30.2. The maximum absolute atomic E-state index is 14.0. The predicted octanol–water partition coefficient (Wildman–Crippen LogP) is 8.18. The summed E-state index contributed by atoms with van der Waals surface area (Å²) < 4.78 is 17.1. The maximum Gasteiger partial charge on any atom is 0.312 e. The number of anilines is 5. The van der Waals surface area contributed by atoms with Crippen LogP contribution >= 0.6 is 11.3 Å². The Bertz CT molecular complexity index is 3960. The van der Waals surface area contributed by atoms with Crippen molar-refractivity contribution >= 4 is 91.3 Å². The Balaban J connectivity index is 0.670. The molecule has 514 valence electrons. The minimum atomic E-state index is -1.02. The van der Waals surface area contributed by atoms with Gasteiger partial charge in [0.15, 0.2) is 16.8 Å². The summed E-state index contributed by atoms with van der Waals surface area (Å²) in [7, 11) is 0. The highest BCUT2D eigenvalue weighted by Gasteiger charge is 2.66. The maximum atomic E-state index is 14.0. The van der Waals surface area contributed by atoms with Gasteiger partial charge in [-0.05, 0) is 137 Å². The number of aromatic nitrogens is 6. The molecule has 4 bridgehead atoms. The van der Waals surface area contributed by atoms with Crippen molar-refractivity contribution < 1.29 is 47.5 Å². The van der Waals surface area contributed by atoms with Gasteiger partial charge in [0.05, 0.1) is 61.5 Å². The third-order valence-electron chi connectivity index (χ3n) is 20.8. The van der Waals surface area contributed by atoms with E-state index in [9.17, 15) is 33.6 Å². The van der Waals surface area contributed by atoms with Crippen molar-refractivity contribution in [3.8, 4) is 11.1 Å². The molecule has 26 heteroatoms. The number of rotatable bonds is 29. The van der Waals surface area contributed by atoms with E-state index in [4.69, 9.17) is 41.1 Å². The highest BCUT2D eigenvalue weighted by Crippen LogP contribution is 2.72. The molecule has 2 aromatic carbocycles. The van der Waals surface area contributed by atoms with Gasteiger partial charge >= 0.3 is 6.03 Å². The molecule has 8 amide bonds. The monoisotopic (exact) mass is 1340 g/mol. The Labute approximate surface area is 569 Å². The molecule has 9 N–H and O–H groups in total. The van der Waals surface area contributed by atoms with Gasteiger partial charge < -0.3 is 56.9 Å². The van der Waals surface area contributed by atoms with Crippen LogP contribution in [0.1, 0.15) is 138 Å². The number of carbonyl (C=O) groups excluding carboxylic acids is 7. The van der Waals surface area contributed by atoms with E-state index in [2.05, 4.69) is 82.3 Å². The van der Waals surface area contributed by atoms with Gasteiger partial charge in [0.25, 0.3) is 17.7 Å². The van der Waals surface area contributed by atoms with E-state index < -0.39 is 53.6 Å². The van der Waals surface area contributed by atoms with Crippen molar-refractivity contribution in [3.05, 3.63) is 107 Å². The zero-order chi connectivity index (χ0) is 68.4. The number of pyridine rings is 1. The Kier molecular flexibility index (Phi) is 19.7. The standard InChI is InChI=1S/C71H90N16O9S/c1-44(2)59(80-56(88)25-32-95-33-28-85-57(89)23-24-58(85)90)65(93)77-53(15-11-26-74-66(73)94)64(92)76-48-19-17-47(18-20-48)36-87(29-9-10-30-87)31-34-96-71-40-68(5)37-69(6,41-71)39-70(38-68,42-71)43-86-46(4)51(35-75-86)50-21-22-55(79-60(50)61(72)91)84-27-12-13-49-45(3)62(82-83-63(49)84)81-67-78-52-14-7-8-16-54(52)97-67/h7-8,14,16-24,35,44,53,59H,9-13,15,25-34,36-43H2,1-6H3,(H8-,72,73,74,76,77,78,80,81,82,88,91,92,93,94)/p+1/t53-,59-,68?,69?,70?,71?/m0/s1. The third-order valence-corrected chi connectivity index (χ3v) is 21.7. The van der Waals surface area contributed by atoms with Crippen molar-refractivity contribution in [1.82, 2.24) is 50.8 Å². The summed E-state index contributed by atoms with van der Waals surface area (Å²) in [5.41, 5.74) is 18.7. The third kappa shape index (κ3) is 15.2. The van der Waals surface area contributed by atoms with E-state index in [0.29, 0.717) is 48.3 Å². The Morgan fingerprint density at radius 3 is 2.26 bits per heavy atom. The molecule has 4 saturated carbocycles. The topological polar surface area (TPSA) is 326 Å². The Hall–Kier alpha value is -8.72. The van der Waals surface area contributed by atoms with Crippen LogP contribution in [0.15, 0.2) is 79.0 Å². The van der Waals surface area contributed by atoms with E-state index in [1.54, 1.807) is 25.2 Å². The van der Waals surface area contributed by atoms with Crippen LogP contribution in [0, 0.1) is 36.0 Å². The molecule has 97 heavy (non-hydrogen) atoms. The van der Waals surface area contributed by atoms with Crippen LogP contribution in [0.25, 0.3) is 21.3 Å². The van der Waals surface area contributed by atoms with Gasteiger partial charge in [-0.25, -0.2) is 14.8 Å². The zero-order valence-corrected chi connectivity index (χ0v) is 57.3. The lowest BCUT2D eigenvalue weighted by Crippen LogP contribution is -2.64. The first kappa shape index (κ1) is 68.2. The van der Waals surface area contributed by atoms with Crippen molar-refractivity contribution in [2.24, 2.45) is 33.6 Å². The van der Waals surface area contributed by atoms with E-state index in [0.717, 1.165) is 143 Å². The van der Waals surface area contributed by atoms with Crippen LogP contribution < -0.4 is 43.0 Å². The minimum absolute atomic E-state index is 0.00466. The van der Waals surface area contributed by atoms with Gasteiger partial charge in [0.1, 0.15) is 36.7 Å². The molecule has 4 aromatic heterocycles. The number of hydrogen-bond donors (Lipinski definition) is 7. The number of urea groups is 1. The molecule has 3 aliphatic heterocycles. The molecule has 0 radical (unpaired) electrons. The molecule has 13 rings (SSSR count). The Morgan fingerprint density at radius 2 is 1.55 bits per heavy atom. The van der Waals surface area contributed by atoms with E-state index >= 15 is 0 Å². The largest absolute Gasteiger partial charge is 0.379 e. The number of nitrogens with zero attached hydrogens (tertiary/aromatic N) is 9. The smallest absolute Gasteiger partial charge is 0.312 e. The van der Waals surface area contributed by atoms with Gasteiger partial charge in [0.2, 0.25) is 17.7 Å². The minimum Gasteiger partial charge on any atom is -0.379 e. The van der Waals surface area contributed by atoms with Gasteiger partial charge in [-0.1, -0.05) is 63.3 Å². The van der Waals surface area contributed by atoms with Gasteiger partial charge in [-0.2, -0.15) is 5.10 Å². The molecular weight excluding hydrogens is 1250 g/mol. The number of quaternary nitrogens is 1. The van der Waals surface area contributed by atoms with E-state index in [1.807, 2.05) is 53.6 Å². The summed E-state index contributed by atoms with van der Waals surface area (Å²) in [6, 6.07) is 17.1. The number of imide groups is 1. The number of fused-ring (bicyclic) bond motifs is 2. The van der Waals surface area contributed by atoms with Crippen molar-refractivity contribution in [1.29, 1.82) is 0 Å². The fraction of sp³-hybridized carbons (Fsp3) is 0.521. The van der Waals surface area contributed by atoms with Crippen LogP contribution in [0.3, 0.4) is 0 Å². The highest BCUT2D eigenvalue weighted by molar-refractivity contribution is 7.22. The van der Waals surface area contributed by atoms with Crippen LogP contribution in [0.2, 0.25) is 0 Å². The van der Waals surface area contributed by atoms with Crippen molar-refractivity contribution in [3.63, 3.8) is 0 Å². The van der Waals surface area contributed by atoms with Crippen LogP contribution in [0.5, 0.6) is 0 Å². The average molecular weight is 1340 g/mol. The van der Waals surface area contributed by atoms with Crippen molar-refractivity contribution in [2.75, 3.05) is 74.6 Å². The molecule has 0 spiro atoms. The number of para-hydroxylation sites is 1. The number of thiazole rings is 1. The number of likely N-dealkylation sites (tertiary alicyclic amines) is 1. The SMILES string of the molecule is Cc1c(Nc2nc3ccccc3s2)nnc2c1CCCN2c1ccc(-c2cnn(CC34CC5(C)CC(C)(C3)CC(OCC[N+]3(Cc6ccc(NC(=O)[C@H](CCCNC(N)=O)NC(=O)[C@@H](NC(=O)CCOCCN7C(=O)C=CC7=O)C(C)C)cc6)CCCC3)(C5)C4)c2C)c(C(N)=O)n1. The highest BCUT2D eigenvalue weighted by atomic mass is 32.1. The van der Waals surface area contributed by atoms with E-state index in [1.165, 1.54) is 18.6 Å². The number of benzene rings is 2. The molecule has 1 saturated heterocycles. The Morgan fingerprint density at radius 1 is 0.804 bits per heavy atom. The fourth-order valence-corrected chi connectivity index (χ4v) is 18.3. The van der Waals surface area contributed by atoms with Crippen molar-refractivity contribution in [2.45, 2.75) is 156 Å². The van der Waals surface area contributed by atoms with Crippen LogP contribution in [-0.2, 0) is 53.0 Å². The second kappa shape index (κ2) is 28.0. The normalized spacial score (nSPS) is 22.8. The van der Waals surface area contributed by atoms with Gasteiger partial charge in [-0.3, -0.25) is 38.3 Å². The van der Waals surface area contributed by atoms with Crippen LogP contribution in [-0.4, -0.2) is 158 Å². The lowest BCUT2D eigenvalue weighted by Gasteiger charge is -2.69. The number of nitrogens with one attached hydrogen (secondary N) is 5. The molecule has 4 aliphatic carbocycles. The molecule has 7 aliphatic rings. The first-order chi connectivity index (χ1) is 46.4. The zero-order valence-electron chi connectivity index (χ0n) is 56.5. The molecule has 7 heterocycles. The summed E-state index contributed by atoms with van der Waals surface area (Å²) in [6.07, 6.45) is 14.9. The predicted molar refractivity (Wildman–Crippen MR) is 368 cm³/mol. The molecule has 2 unspecified atom stereocenters.